The Morgan fingerprint density at radius 3 is 3.00 bits per heavy atom. The van der Waals surface area contributed by atoms with Crippen LogP contribution in [-0.2, 0) is 16.0 Å². The first kappa shape index (κ1) is 15.0. The van der Waals surface area contributed by atoms with E-state index in [0.717, 1.165) is 6.20 Å². The van der Waals surface area contributed by atoms with Crippen LogP contribution in [0.5, 0.6) is 0 Å². The second-order valence-electron chi connectivity index (χ2n) is 5.05. The normalized spacial score (nSPS) is 22.0. The van der Waals surface area contributed by atoms with Crippen LogP contribution in [0.15, 0.2) is 30.4 Å². The minimum absolute atomic E-state index is 0.320. The Balaban J connectivity index is 1.84. The summed E-state index contributed by atoms with van der Waals surface area (Å²) in [4.78, 5) is 16.3. The lowest BCUT2D eigenvalue weighted by atomic mass is 10.2. The van der Waals surface area contributed by atoms with Gasteiger partial charge in [-0.15, -0.1) is 0 Å². The van der Waals surface area contributed by atoms with Crippen LogP contribution < -0.4 is 5.32 Å². The number of nitro groups is 1. The maximum atomic E-state index is 10.8. The highest BCUT2D eigenvalue weighted by Gasteiger charge is 2.43. The highest BCUT2D eigenvalue weighted by molar-refractivity contribution is 6.31. The average Bonchev–Trinajstić information content (AvgIpc) is 2.92. The van der Waals surface area contributed by atoms with Gasteiger partial charge in [0.25, 0.3) is 6.20 Å². The summed E-state index contributed by atoms with van der Waals surface area (Å²) < 4.78 is 11.3. The van der Waals surface area contributed by atoms with Crippen molar-refractivity contribution in [2.24, 2.45) is 0 Å². The van der Waals surface area contributed by atoms with E-state index in [1.807, 2.05) is 0 Å². The molecule has 0 atom stereocenters. The number of pyridine rings is 1. The van der Waals surface area contributed by atoms with Crippen LogP contribution in [0.1, 0.15) is 5.69 Å². The molecule has 3 rings (SSSR count). The van der Waals surface area contributed by atoms with Crippen LogP contribution in [0.3, 0.4) is 0 Å². The Morgan fingerprint density at radius 1 is 1.55 bits per heavy atom. The van der Waals surface area contributed by atoms with Crippen molar-refractivity contribution in [2.75, 3.05) is 26.3 Å². The molecule has 0 unspecified atom stereocenters. The number of aromatic nitrogens is 1. The van der Waals surface area contributed by atoms with Crippen molar-refractivity contribution in [1.29, 1.82) is 0 Å². The molecule has 2 saturated heterocycles. The Labute approximate surface area is 131 Å². The van der Waals surface area contributed by atoms with E-state index in [1.54, 1.807) is 23.2 Å². The molecule has 1 N–H and O–H groups in total. The Bertz CT molecular complexity index is 603. The maximum absolute atomic E-state index is 10.8. The molecule has 0 saturated carbocycles. The van der Waals surface area contributed by atoms with E-state index >= 15 is 0 Å². The van der Waals surface area contributed by atoms with Crippen LogP contribution in [0.25, 0.3) is 0 Å². The molecule has 118 valence electrons. The third kappa shape index (κ3) is 3.13. The molecule has 0 aromatic carbocycles. The third-order valence-electron chi connectivity index (χ3n) is 3.53. The van der Waals surface area contributed by atoms with E-state index in [-0.39, 0.29) is 0 Å². The number of rotatable bonds is 3. The Kier molecular flexibility index (Phi) is 4.14. The van der Waals surface area contributed by atoms with Gasteiger partial charge in [0.05, 0.1) is 48.5 Å². The number of nitrogens with one attached hydrogen (secondary N) is 1. The van der Waals surface area contributed by atoms with Crippen molar-refractivity contribution in [2.45, 2.75) is 12.3 Å². The van der Waals surface area contributed by atoms with Gasteiger partial charge < -0.3 is 19.7 Å². The number of hydrogen-bond acceptors (Lipinski definition) is 7. The molecule has 0 aliphatic carbocycles. The summed E-state index contributed by atoms with van der Waals surface area (Å²) in [6, 6.07) is 3.47. The zero-order valence-corrected chi connectivity index (χ0v) is 12.5. The summed E-state index contributed by atoms with van der Waals surface area (Å²) in [5.41, 5.74) is 0.635. The second-order valence-corrected chi connectivity index (χ2v) is 5.46. The van der Waals surface area contributed by atoms with Gasteiger partial charge >= 0.3 is 0 Å². The van der Waals surface area contributed by atoms with Gasteiger partial charge in [-0.05, 0) is 12.1 Å². The van der Waals surface area contributed by atoms with Crippen molar-refractivity contribution in [3.8, 4) is 0 Å². The zero-order valence-electron chi connectivity index (χ0n) is 11.7. The summed E-state index contributed by atoms with van der Waals surface area (Å²) in [5.74, 6) is -0.397. The van der Waals surface area contributed by atoms with Gasteiger partial charge in [-0.3, -0.25) is 15.1 Å². The molecular weight excluding hydrogens is 312 g/mol. The molecule has 0 radical (unpaired) electrons. The summed E-state index contributed by atoms with van der Waals surface area (Å²) in [7, 11) is 0. The fourth-order valence-electron chi connectivity index (χ4n) is 2.54. The summed E-state index contributed by atoms with van der Waals surface area (Å²) >= 11 is 6.12. The van der Waals surface area contributed by atoms with Gasteiger partial charge in [0.2, 0.25) is 5.79 Å². The molecule has 8 nitrogen and oxygen atoms in total. The minimum Gasteiger partial charge on any atom is -0.361 e. The standard InChI is InChI=1S/C13H15ClN4O4/c14-10-2-1-3-15-11(10)6-17-9-13(21-4-5-22-13)8-16-12(17)7-18(19)20/h1-3,7,16H,4-6,8-9H2/b12-7+. The topological polar surface area (TPSA) is 89.8 Å². The largest absolute Gasteiger partial charge is 0.361 e. The number of halogens is 1. The zero-order chi connectivity index (χ0) is 15.6. The quantitative estimate of drug-likeness (QED) is 0.653. The number of ether oxygens (including phenoxy) is 2. The molecule has 1 aromatic rings. The van der Waals surface area contributed by atoms with Gasteiger partial charge in [-0.25, -0.2) is 0 Å². The van der Waals surface area contributed by atoms with Crippen molar-refractivity contribution in [1.82, 2.24) is 15.2 Å². The van der Waals surface area contributed by atoms with E-state index in [4.69, 9.17) is 21.1 Å². The first-order valence-corrected chi connectivity index (χ1v) is 7.17. The molecule has 9 heteroatoms. The first-order valence-electron chi connectivity index (χ1n) is 6.79. The molecule has 3 heterocycles. The van der Waals surface area contributed by atoms with Crippen LogP contribution in [-0.4, -0.2) is 46.9 Å². The van der Waals surface area contributed by atoms with Crippen LogP contribution in [0, 0.1) is 10.1 Å². The van der Waals surface area contributed by atoms with Crippen LogP contribution in [0.4, 0.5) is 0 Å². The summed E-state index contributed by atoms with van der Waals surface area (Å²) in [5, 5.41) is 14.3. The van der Waals surface area contributed by atoms with Crippen molar-refractivity contribution in [3.05, 3.63) is 51.2 Å². The lowest BCUT2D eigenvalue weighted by Crippen LogP contribution is -2.57. The van der Waals surface area contributed by atoms with Gasteiger partial charge in [0.1, 0.15) is 0 Å². The minimum atomic E-state index is -0.783. The molecule has 2 aliphatic heterocycles. The molecule has 1 spiro atoms. The van der Waals surface area contributed by atoms with Gasteiger partial charge in [-0.2, -0.15) is 0 Å². The van der Waals surface area contributed by atoms with E-state index in [2.05, 4.69) is 10.3 Å². The summed E-state index contributed by atoms with van der Waals surface area (Å²) in [6.45, 7) is 2.06. The van der Waals surface area contributed by atoms with E-state index in [9.17, 15) is 10.1 Å². The van der Waals surface area contributed by atoms with Gasteiger partial charge in [0.15, 0.2) is 5.82 Å². The van der Waals surface area contributed by atoms with E-state index in [1.165, 1.54) is 0 Å². The average molecular weight is 327 g/mol. The predicted octanol–water partition coefficient (Wildman–Crippen LogP) is 0.959. The molecule has 1 aromatic heterocycles. The molecular formula is C13H15ClN4O4. The molecule has 0 bridgehead atoms. The van der Waals surface area contributed by atoms with Crippen molar-refractivity contribution < 1.29 is 14.4 Å². The molecule has 2 fully saturated rings. The second kappa shape index (κ2) is 6.07. The molecule has 0 amide bonds. The first-order chi connectivity index (χ1) is 10.6. The maximum Gasteiger partial charge on any atom is 0.274 e. The fourth-order valence-corrected chi connectivity index (χ4v) is 2.72. The van der Waals surface area contributed by atoms with Gasteiger partial charge in [0, 0.05) is 6.20 Å². The predicted molar refractivity (Wildman–Crippen MR) is 77.4 cm³/mol. The monoisotopic (exact) mass is 326 g/mol. The lowest BCUT2D eigenvalue weighted by molar-refractivity contribution is -0.405. The third-order valence-corrected chi connectivity index (χ3v) is 3.87. The van der Waals surface area contributed by atoms with Crippen LogP contribution >= 0.6 is 11.6 Å². The van der Waals surface area contributed by atoms with Crippen LogP contribution in [0.2, 0.25) is 5.02 Å². The lowest BCUT2D eigenvalue weighted by Gasteiger charge is -2.40. The highest BCUT2D eigenvalue weighted by atomic mass is 35.5. The SMILES string of the molecule is O=[N+]([O-])/C=C1\NCC2(CN1Cc1ncccc1Cl)OCCO2. The molecule has 2 aliphatic rings. The Morgan fingerprint density at radius 2 is 2.32 bits per heavy atom. The fraction of sp³-hybridized carbons (Fsp3) is 0.462. The molecule has 22 heavy (non-hydrogen) atoms. The number of hydrogen-bond donors (Lipinski definition) is 1. The van der Waals surface area contributed by atoms with Gasteiger partial charge in [-0.1, -0.05) is 11.6 Å². The Hall–Kier alpha value is -1.90. The highest BCUT2D eigenvalue weighted by Crippen LogP contribution is 2.27. The van der Waals surface area contributed by atoms with E-state index in [0.29, 0.717) is 49.4 Å². The number of nitrogens with zero attached hydrogens (tertiary/aromatic N) is 3. The van der Waals surface area contributed by atoms with Crippen molar-refractivity contribution >= 4 is 11.6 Å². The summed E-state index contributed by atoms with van der Waals surface area (Å²) in [6.07, 6.45) is 2.56. The van der Waals surface area contributed by atoms with E-state index < -0.39 is 10.7 Å². The van der Waals surface area contributed by atoms with Crippen molar-refractivity contribution in [3.63, 3.8) is 0 Å². The smallest absolute Gasteiger partial charge is 0.274 e.